The van der Waals surface area contributed by atoms with Crippen LogP contribution >= 0.6 is 0 Å². The Kier molecular flexibility index (Phi) is 7.48. The number of furan rings is 1. The highest BCUT2D eigenvalue weighted by atomic mass is 16.3. The van der Waals surface area contributed by atoms with Gasteiger partial charge in [0.25, 0.3) is 0 Å². The van der Waals surface area contributed by atoms with Crippen LogP contribution in [0.1, 0.15) is 17.9 Å². The predicted octanol–water partition coefficient (Wildman–Crippen LogP) is 14.1. The SMILES string of the molecule is C1=c2c(n(-c3ccccc3)c3ccccc23)=CC(c2ccc3c4cc(-c5ccc6c(c5)c5ccccc5n6-c5ccc6oc7ccccc7c6c5)ccc4n(-c4ccccc4)c3c2)C1. The summed E-state index contributed by atoms with van der Waals surface area (Å²) in [5.41, 5.74) is 15.0. The summed E-state index contributed by atoms with van der Waals surface area (Å²) >= 11 is 0. The highest BCUT2D eigenvalue weighted by molar-refractivity contribution is 6.13. The maximum absolute atomic E-state index is 6.21. The van der Waals surface area contributed by atoms with Crippen LogP contribution in [0.2, 0.25) is 0 Å². The lowest BCUT2D eigenvalue weighted by Gasteiger charge is -2.16. The van der Waals surface area contributed by atoms with Crippen LogP contribution in [0, 0.1) is 0 Å². The second kappa shape index (κ2) is 13.6. The molecule has 0 amide bonds. The molecule has 1 aliphatic rings. The van der Waals surface area contributed by atoms with Gasteiger partial charge in [-0.05, 0) is 114 Å². The van der Waals surface area contributed by atoms with Crippen molar-refractivity contribution in [1.29, 1.82) is 0 Å². The van der Waals surface area contributed by atoms with Crippen molar-refractivity contribution in [3.63, 3.8) is 0 Å². The van der Waals surface area contributed by atoms with Gasteiger partial charge < -0.3 is 18.1 Å². The Morgan fingerprint density at radius 3 is 1.66 bits per heavy atom. The van der Waals surface area contributed by atoms with Crippen molar-refractivity contribution in [3.05, 3.63) is 222 Å². The average molecular weight is 818 g/mol. The van der Waals surface area contributed by atoms with E-state index in [4.69, 9.17) is 4.42 Å². The minimum Gasteiger partial charge on any atom is -0.456 e. The zero-order valence-electron chi connectivity index (χ0n) is 34.8. The number of para-hydroxylation sites is 5. The Bertz CT molecular complexity index is 4160. The Hall–Kier alpha value is -8.34. The van der Waals surface area contributed by atoms with Gasteiger partial charge in [0.15, 0.2) is 0 Å². The standard InChI is InChI=1S/C60H39N3O/c1-3-13-42(14-4-1)61-53-20-10-7-17-45(53)47-28-23-40(35-57(47)61)41-24-29-48-51-34-39(25-30-55(51)62(58(48)36-41)43-15-5-2-6-16-43)38-26-31-56-50(33-38)46-18-8-11-21-54(46)63(56)44-27-32-60-52(37-44)49-19-9-12-22-59(49)64-60/h1-22,24-37,40H,23H2. The molecular weight excluding hydrogens is 779 g/mol. The zero-order valence-corrected chi connectivity index (χ0v) is 34.8. The van der Waals surface area contributed by atoms with E-state index < -0.39 is 0 Å². The normalized spacial score (nSPS) is 14.0. The first-order chi connectivity index (χ1) is 31.7. The van der Waals surface area contributed by atoms with Gasteiger partial charge in [-0.2, -0.15) is 0 Å². The molecule has 0 saturated heterocycles. The van der Waals surface area contributed by atoms with E-state index in [9.17, 15) is 0 Å². The molecule has 9 aromatic carbocycles. The number of nitrogens with zero attached hydrogens (tertiary/aromatic N) is 3. The third-order valence-electron chi connectivity index (χ3n) is 13.8. The Labute approximate surface area is 368 Å². The van der Waals surface area contributed by atoms with Crippen LogP contribution < -0.4 is 10.6 Å². The Balaban J connectivity index is 0.917. The highest BCUT2D eigenvalue weighted by Gasteiger charge is 2.21. The van der Waals surface area contributed by atoms with Gasteiger partial charge in [0.2, 0.25) is 0 Å². The van der Waals surface area contributed by atoms with Gasteiger partial charge in [0.05, 0.1) is 32.9 Å². The molecule has 4 heteroatoms. The van der Waals surface area contributed by atoms with Crippen LogP contribution in [0.4, 0.5) is 0 Å². The van der Waals surface area contributed by atoms with Gasteiger partial charge in [-0.3, -0.25) is 0 Å². The third kappa shape index (κ3) is 5.17. The fourth-order valence-electron chi connectivity index (χ4n) is 10.8. The summed E-state index contributed by atoms with van der Waals surface area (Å²) in [6.45, 7) is 0. The summed E-state index contributed by atoms with van der Waals surface area (Å²) in [6, 6.07) is 75.2. The van der Waals surface area contributed by atoms with Gasteiger partial charge in [-0.15, -0.1) is 0 Å². The number of benzene rings is 9. The first-order valence-electron chi connectivity index (χ1n) is 22.2. The van der Waals surface area contributed by atoms with Gasteiger partial charge in [-0.1, -0.05) is 127 Å². The fourth-order valence-corrected chi connectivity index (χ4v) is 10.8. The molecule has 300 valence electrons. The second-order valence-corrected chi connectivity index (χ2v) is 17.2. The predicted molar refractivity (Wildman–Crippen MR) is 267 cm³/mol. The van der Waals surface area contributed by atoms with Crippen molar-refractivity contribution in [1.82, 2.24) is 13.7 Å². The van der Waals surface area contributed by atoms with E-state index in [1.807, 2.05) is 12.1 Å². The second-order valence-electron chi connectivity index (χ2n) is 17.2. The molecule has 14 rings (SSSR count). The summed E-state index contributed by atoms with van der Waals surface area (Å²) < 4.78 is 13.5. The van der Waals surface area contributed by atoms with Crippen LogP contribution in [0.5, 0.6) is 0 Å². The molecule has 13 aromatic rings. The summed E-state index contributed by atoms with van der Waals surface area (Å²) in [5.74, 6) is 0.233. The van der Waals surface area contributed by atoms with Gasteiger partial charge in [0.1, 0.15) is 11.2 Å². The first-order valence-corrected chi connectivity index (χ1v) is 22.2. The van der Waals surface area contributed by atoms with E-state index in [0.29, 0.717) is 0 Å². The lowest BCUT2D eigenvalue weighted by atomic mass is 9.91. The molecule has 0 fully saturated rings. The summed E-state index contributed by atoms with van der Waals surface area (Å²) in [6.07, 6.45) is 5.91. The smallest absolute Gasteiger partial charge is 0.135 e. The minimum atomic E-state index is 0.233. The molecule has 1 aliphatic carbocycles. The van der Waals surface area contributed by atoms with Crippen LogP contribution in [0.25, 0.3) is 117 Å². The van der Waals surface area contributed by atoms with E-state index >= 15 is 0 Å². The molecule has 0 aliphatic heterocycles. The number of hydrogen-bond acceptors (Lipinski definition) is 1. The molecule has 0 spiro atoms. The first kappa shape index (κ1) is 35.3. The van der Waals surface area contributed by atoms with Crippen LogP contribution in [0.3, 0.4) is 0 Å². The molecule has 4 nitrogen and oxygen atoms in total. The topological polar surface area (TPSA) is 27.9 Å². The molecule has 4 aromatic heterocycles. The largest absolute Gasteiger partial charge is 0.456 e. The Morgan fingerprint density at radius 1 is 0.359 bits per heavy atom. The summed E-state index contributed by atoms with van der Waals surface area (Å²) in [7, 11) is 0. The maximum atomic E-state index is 6.21. The number of rotatable bonds is 5. The van der Waals surface area contributed by atoms with Crippen LogP contribution in [-0.4, -0.2) is 13.7 Å². The van der Waals surface area contributed by atoms with Gasteiger partial charge in [-0.25, -0.2) is 0 Å². The van der Waals surface area contributed by atoms with Gasteiger partial charge >= 0.3 is 0 Å². The van der Waals surface area contributed by atoms with E-state index in [2.05, 4.69) is 220 Å². The van der Waals surface area contributed by atoms with Crippen molar-refractivity contribution in [2.45, 2.75) is 12.3 Å². The van der Waals surface area contributed by atoms with Crippen LogP contribution in [-0.2, 0) is 0 Å². The van der Waals surface area contributed by atoms with Gasteiger partial charge in [0, 0.05) is 65.9 Å². The summed E-state index contributed by atoms with van der Waals surface area (Å²) in [5, 5.41) is 11.1. The Morgan fingerprint density at radius 2 is 0.922 bits per heavy atom. The van der Waals surface area contributed by atoms with E-state index in [0.717, 1.165) is 39.7 Å². The lowest BCUT2D eigenvalue weighted by Crippen LogP contribution is -2.31. The molecule has 1 unspecified atom stereocenters. The molecule has 64 heavy (non-hydrogen) atoms. The molecule has 0 N–H and O–H groups in total. The molecule has 4 heterocycles. The maximum Gasteiger partial charge on any atom is 0.135 e. The zero-order chi connectivity index (χ0) is 41.9. The van der Waals surface area contributed by atoms with Crippen molar-refractivity contribution >= 4 is 88.6 Å². The number of hydrogen-bond donors (Lipinski definition) is 0. The van der Waals surface area contributed by atoms with Crippen molar-refractivity contribution < 1.29 is 4.42 Å². The molecular formula is C60H39N3O. The molecule has 0 saturated carbocycles. The quantitative estimate of drug-likeness (QED) is 0.170. The number of fused-ring (bicyclic) bond motifs is 12. The lowest BCUT2D eigenvalue weighted by molar-refractivity contribution is 0.669. The van der Waals surface area contributed by atoms with Crippen LogP contribution in [0.15, 0.2) is 211 Å². The monoisotopic (exact) mass is 817 g/mol. The van der Waals surface area contributed by atoms with E-state index in [1.54, 1.807) is 0 Å². The molecule has 0 bridgehead atoms. The number of aromatic nitrogens is 3. The van der Waals surface area contributed by atoms with E-state index in [1.165, 1.54) is 87.5 Å². The summed E-state index contributed by atoms with van der Waals surface area (Å²) in [4.78, 5) is 0. The van der Waals surface area contributed by atoms with Crippen molar-refractivity contribution in [2.24, 2.45) is 0 Å². The minimum absolute atomic E-state index is 0.233. The average Bonchev–Trinajstić information content (AvgIpc) is 4.10. The molecule has 1 atom stereocenters. The van der Waals surface area contributed by atoms with E-state index in [-0.39, 0.29) is 5.92 Å². The van der Waals surface area contributed by atoms with Crippen molar-refractivity contribution in [3.8, 4) is 28.2 Å². The molecule has 0 radical (unpaired) electrons. The van der Waals surface area contributed by atoms with Crippen molar-refractivity contribution in [2.75, 3.05) is 0 Å². The fraction of sp³-hybridized carbons (Fsp3) is 0.0333. The third-order valence-corrected chi connectivity index (χ3v) is 13.8. The highest BCUT2D eigenvalue weighted by Crippen LogP contribution is 2.40.